The SMILES string of the molecule is O=C1N[C@@]2(CCCc3sccc32)C(=O)N1CCSc1ccc(F)cc1. The van der Waals surface area contributed by atoms with Crippen LogP contribution < -0.4 is 5.32 Å². The number of rotatable bonds is 4. The predicted molar refractivity (Wildman–Crippen MR) is 96.3 cm³/mol. The van der Waals surface area contributed by atoms with E-state index in [-0.39, 0.29) is 17.8 Å². The van der Waals surface area contributed by atoms with E-state index in [1.807, 2.05) is 11.4 Å². The van der Waals surface area contributed by atoms with Gasteiger partial charge < -0.3 is 5.32 Å². The molecule has 0 radical (unpaired) electrons. The van der Waals surface area contributed by atoms with Crippen molar-refractivity contribution in [2.45, 2.75) is 29.7 Å². The standard InChI is InChI=1S/C18H17FN2O2S2/c19-12-3-5-13(6-4-12)24-11-9-21-16(22)18(20-17(21)23)8-1-2-15-14(18)7-10-25-15/h3-7,10H,1-2,8-9,11H2,(H,20,23)/t18-/m1/s1. The van der Waals surface area contributed by atoms with E-state index < -0.39 is 5.54 Å². The summed E-state index contributed by atoms with van der Waals surface area (Å²) in [5, 5.41) is 4.94. The van der Waals surface area contributed by atoms with Gasteiger partial charge >= 0.3 is 6.03 Å². The first-order valence-corrected chi connectivity index (χ1v) is 10.1. The second-order valence-electron chi connectivity index (χ2n) is 6.21. The summed E-state index contributed by atoms with van der Waals surface area (Å²) in [7, 11) is 0. The number of hydrogen-bond acceptors (Lipinski definition) is 4. The minimum absolute atomic E-state index is 0.142. The van der Waals surface area contributed by atoms with Crippen molar-refractivity contribution in [1.29, 1.82) is 0 Å². The molecule has 1 N–H and O–H groups in total. The van der Waals surface area contributed by atoms with Crippen molar-refractivity contribution in [1.82, 2.24) is 10.2 Å². The molecule has 4 nitrogen and oxygen atoms in total. The Kier molecular flexibility index (Phi) is 4.29. The van der Waals surface area contributed by atoms with Gasteiger partial charge in [0.2, 0.25) is 0 Å². The van der Waals surface area contributed by atoms with Crippen LogP contribution in [0, 0.1) is 5.82 Å². The number of carbonyl (C=O) groups is 2. The number of nitrogens with zero attached hydrogens (tertiary/aromatic N) is 1. The van der Waals surface area contributed by atoms with Crippen LogP contribution in [0.25, 0.3) is 0 Å². The summed E-state index contributed by atoms with van der Waals surface area (Å²) in [6, 6.07) is 7.87. The van der Waals surface area contributed by atoms with Gasteiger partial charge in [0.15, 0.2) is 0 Å². The van der Waals surface area contributed by atoms with Crippen LogP contribution >= 0.6 is 23.1 Å². The normalized spacial score (nSPS) is 22.4. The van der Waals surface area contributed by atoms with Crippen LogP contribution in [0.1, 0.15) is 23.3 Å². The summed E-state index contributed by atoms with van der Waals surface area (Å²) in [5.74, 6) is 0.165. The number of fused-ring (bicyclic) bond motifs is 2. The number of hydrogen-bond donors (Lipinski definition) is 1. The molecule has 2 heterocycles. The molecule has 1 aromatic heterocycles. The first kappa shape index (κ1) is 16.6. The summed E-state index contributed by atoms with van der Waals surface area (Å²) in [4.78, 5) is 28.9. The van der Waals surface area contributed by atoms with Gasteiger partial charge in [0, 0.05) is 27.6 Å². The largest absolute Gasteiger partial charge is 0.325 e. The van der Waals surface area contributed by atoms with Gasteiger partial charge in [-0.15, -0.1) is 23.1 Å². The highest BCUT2D eigenvalue weighted by molar-refractivity contribution is 7.99. The third kappa shape index (κ3) is 2.85. The molecule has 1 fully saturated rings. The van der Waals surface area contributed by atoms with Crippen LogP contribution in [0.3, 0.4) is 0 Å². The van der Waals surface area contributed by atoms with Gasteiger partial charge in [0.1, 0.15) is 11.4 Å². The first-order chi connectivity index (χ1) is 12.1. The molecule has 7 heteroatoms. The molecule has 1 aliphatic heterocycles. The van der Waals surface area contributed by atoms with Gasteiger partial charge in [-0.25, -0.2) is 9.18 Å². The Bertz CT molecular complexity index is 821. The monoisotopic (exact) mass is 376 g/mol. The number of benzene rings is 1. The number of thioether (sulfide) groups is 1. The van der Waals surface area contributed by atoms with Crippen LogP contribution in [0.5, 0.6) is 0 Å². The summed E-state index contributed by atoms with van der Waals surface area (Å²) in [6.07, 6.45) is 2.53. The van der Waals surface area contributed by atoms with Crippen LogP contribution in [0.2, 0.25) is 0 Å². The number of imide groups is 1. The number of aryl methyl sites for hydroxylation is 1. The molecule has 25 heavy (non-hydrogen) atoms. The maximum Gasteiger partial charge on any atom is 0.325 e. The van der Waals surface area contributed by atoms with Crippen LogP contribution in [-0.2, 0) is 16.8 Å². The lowest BCUT2D eigenvalue weighted by molar-refractivity contribution is -0.132. The number of urea groups is 1. The Morgan fingerprint density at radius 1 is 1.24 bits per heavy atom. The Morgan fingerprint density at radius 3 is 2.84 bits per heavy atom. The third-order valence-electron chi connectivity index (χ3n) is 4.73. The summed E-state index contributed by atoms with van der Waals surface area (Å²) >= 11 is 3.15. The fourth-order valence-corrected chi connectivity index (χ4v) is 5.37. The molecule has 1 spiro atoms. The number of carbonyl (C=O) groups excluding carboxylic acids is 2. The average molecular weight is 376 g/mol. The zero-order valence-electron chi connectivity index (χ0n) is 13.5. The fraction of sp³-hybridized carbons (Fsp3) is 0.333. The minimum atomic E-state index is -0.870. The smallest absolute Gasteiger partial charge is 0.319 e. The highest BCUT2D eigenvalue weighted by atomic mass is 32.2. The first-order valence-electron chi connectivity index (χ1n) is 8.19. The zero-order valence-corrected chi connectivity index (χ0v) is 15.1. The Morgan fingerprint density at radius 2 is 2.04 bits per heavy atom. The van der Waals surface area contributed by atoms with Crippen molar-refractivity contribution < 1.29 is 14.0 Å². The van der Waals surface area contributed by atoms with E-state index in [0.717, 1.165) is 23.3 Å². The van der Waals surface area contributed by atoms with Crippen molar-refractivity contribution in [2.24, 2.45) is 0 Å². The van der Waals surface area contributed by atoms with Crippen molar-refractivity contribution in [3.8, 4) is 0 Å². The molecule has 0 saturated carbocycles. The van der Waals surface area contributed by atoms with Crippen LogP contribution in [0.15, 0.2) is 40.6 Å². The lowest BCUT2D eigenvalue weighted by Crippen LogP contribution is -2.46. The molecule has 1 saturated heterocycles. The quantitative estimate of drug-likeness (QED) is 0.653. The molecule has 0 unspecified atom stereocenters. The van der Waals surface area contributed by atoms with Gasteiger partial charge in [-0.05, 0) is 55.0 Å². The molecule has 1 atom stereocenters. The Hall–Kier alpha value is -1.86. The van der Waals surface area contributed by atoms with E-state index in [1.165, 1.54) is 33.7 Å². The summed E-state index contributed by atoms with van der Waals surface area (Å²) in [6.45, 7) is 0.341. The molecule has 0 bridgehead atoms. The van der Waals surface area contributed by atoms with Gasteiger partial charge in [-0.2, -0.15) is 0 Å². The number of halogens is 1. The highest BCUT2D eigenvalue weighted by Crippen LogP contribution is 2.42. The molecular weight excluding hydrogens is 359 g/mol. The van der Waals surface area contributed by atoms with E-state index >= 15 is 0 Å². The zero-order chi connectivity index (χ0) is 17.4. The van der Waals surface area contributed by atoms with Crippen molar-refractivity contribution in [3.63, 3.8) is 0 Å². The Labute approximate surface area is 153 Å². The molecule has 2 aromatic rings. The summed E-state index contributed by atoms with van der Waals surface area (Å²) in [5.41, 5.74) is 0.0985. The molecule has 2 aliphatic rings. The molecule has 3 amide bonds. The van der Waals surface area contributed by atoms with E-state index in [0.29, 0.717) is 18.7 Å². The molecule has 130 valence electrons. The lowest BCUT2D eigenvalue weighted by atomic mass is 9.80. The van der Waals surface area contributed by atoms with E-state index in [4.69, 9.17) is 0 Å². The van der Waals surface area contributed by atoms with Gasteiger partial charge in [-0.3, -0.25) is 9.69 Å². The molecule has 1 aromatic carbocycles. The average Bonchev–Trinajstić information content (AvgIpc) is 3.17. The van der Waals surface area contributed by atoms with Gasteiger partial charge in [0.25, 0.3) is 5.91 Å². The molecule has 4 rings (SSSR count). The maximum atomic E-state index is 13.0. The van der Waals surface area contributed by atoms with Crippen molar-refractivity contribution in [3.05, 3.63) is 52.0 Å². The third-order valence-corrected chi connectivity index (χ3v) is 6.71. The van der Waals surface area contributed by atoms with Gasteiger partial charge in [-0.1, -0.05) is 0 Å². The fourth-order valence-electron chi connectivity index (χ4n) is 3.53. The highest BCUT2D eigenvalue weighted by Gasteiger charge is 2.54. The maximum absolute atomic E-state index is 13.0. The minimum Gasteiger partial charge on any atom is -0.319 e. The van der Waals surface area contributed by atoms with E-state index in [1.54, 1.807) is 23.5 Å². The Balaban J connectivity index is 1.46. The summed E-state index contributed by atoms with van der Waals surface area (Å²) < 4.78 is 12.9. The number of thiophene rings is 1. The second kappa shape index (κ2) is 6.46. The van der Waals surface area contributed by atoms with Gasteiger partial charge in [0.05, 0.1) is 0 Å². The van der Waals surface area contributed by atoms with E-state index in [9.17, 15) is 14.0 Å². The predicted octanol–water partition coefficient (Wildman–Crippen LogP) is 3.76. The van der Waals surface area contributed by atoms with Crippen LogP contribution in [0.4, 0.5) is 9.18 Å². The second-order valence-corrected chi connectivity index (χ2v) is 8.37. The van der Waals surface area contributed by atoms with Crippen LogP contribution in [-0.4, -0.2) is 29.1 Å². The lowest BCUT2D eigenvalue weighted by Gasteiger charge is -2.31. The van der Waals surface area contributed by atoms with Crippen molar-refractivity contribution in [2.75, 3.05) is 12.3 Å². The topological polar surface area (TPSA) is 49.4 Å². The number of nitrogens with one attached hydrogen (secondary N) is 1. The molecular formula is C18H17FN2O2S2. The van der Waals surface area contributed by atoms with E-state index in [2.05, 4.69) is 5.32 Å². The van der Waals surface area contributed by atoms with Crippen molar-refractivity contribution >= 4 is 35.0 Å². The number of amides is 3. The molecule has 1 aliphatic carbocycles.